The Hall–Kier alpha value is -4.75. The molecule has 0 aliphatic rings. The predicted molar refractivity (Wildman–Crippen MR) is 168 cm³/mol. The summed E-state index contributed by atoms with van der Waals surface area (Å²) in [6.07, 6.45) is 1.25. The molecule has 2 amide bonds. The molecule has 43 heavy (non-hydrogen) atoms. The second kappa shape index (κ2) is 15.5. The molecule has 0 heterocycles. The number of amides is 2. The average molecular weight is 579 g/mol. The standard InChI is InChI=1S/C36H38N2O5/c1-27(20-21-28-12-4-2-5-13-28)38(23-22-34(40)41)36(43)33-19-11-9-17-31(33)30-16-8-10-18-32(30)35(42)37(24-25-39)26-29-14-6-3-7-15-29/h2-19,27,39H,20-26H2,1H3,(H,40,41). The van der Waals surface area contributed by atoms with Gasteiger partial charge in [0.2, 0.25) is 0 Å². The van der Waals surface area contributed by atoms with Gasteiger partial charge in [0.1, 0.15) is 0 Å². The molecule has 0 spiro atoms. The summed E-state index contributed by atoms with van der Waals surface area (Å²) in [6, 6.07) is 33.7. The Kier molecular flexibility index (Phi) is 11.2. The lowest BCUT2D eigenvalue weighted by Gasteiger charge is -2.30. The molecule has 1 atom stereocenters. The maximum Gasteiger partial charge on any atom is 0.305 e. The largest absolute Gasteiger partial charge is 0.481 e. The molecule has 1 unspecified atom stereocenters. The zero-order chi connectivity index (χ0) is 30.6. The Balaban J connectivity index is 1.66. The summed E-state index contributed by atoms with van der Waals surface area (Å²) >= 11 is 0. The molecule has 222 valence electrons. The fourth-order valence-electron chi connectivity index (χ4n) is 5.23. The molecule has 7 heteroatoms. The summed E-state index contributed by atoms with van der Waals surface area (Å²) in [5, 5.41) is 19.2. The highest BCUT2D eigenvalue weighted by molar-refractivity contribution is 6.06. The summed E-state index contributed by atoms with van der Waals surface area (Å²) in [6.45, 7) is 2.32. The van der Waals surface area contributed by atoms with Crippen LogP contribution in [0.1, 0.15) is 51.6 Å². The van der Waals surface area contributed by atoms with Crippen molar-refractivity contribution in [3.8, 4) is 11.1 Å². The molecule has 4 aromatic rings. The molecular weight excluding hydrogens is 540 g/mol. The third-order valence-corrected chi connectivity index (χ3v) is 7.53. The quantitative estimate of drug-likeness (QED) is 0.193. The van der Waals surface area contributed by atoms with Crippen LogP contribution in [0.5, 0.6) is 0 Å². The van der Waals surface area contributed by atoms with Gasteiger partial charge in [0, 0.05) is 36.8 Å². The number of carbonyl (C=O) groups excluding carboxylic acids is 2. The fraction of sp³-hybridized carbons (Fsp3) is 0.250. The van der Waals surface area contributed by atoms with Crippen LogP contribution in [0.4, 0.5) is 0 Å². The van der Waals surface area contributed by atoms with Crippen LogP contribution >= 0.6 is 0 Å². The van der Waals surface area contributed by atoms with E-state index in [9.17, 15) is 24.6 Å². The summed E-state index contributed by atoms with van der Waals surface area (Å²) in [4.78, 5) is 42.8. The number of benzene rings is 4. The molecule has 2 N–H and O–H groups in total. The zero-order valence-electron chi connectivity index (χ0n) is 24.4. The summed E-state index contributed by atoms with van der Waals surface area (Å²) in [7, 11) is 0. The summed E-state index contributed by atoms with van der Waals surface area (Å²) in [5.74, 6) is -1.51. The van der Waals surface area contributed by atoms with E-state index in [0.29, 0.717) is 35.2 Å². The first-order valence-electron chi connectivity index (χ1n) is 14.6. The number of rotatable bonds is 14. The molecular formula is C36H38N2O5. The number of aliphatic hydroxyl groups is 1. The van der Waals surface area contributed by atoms with Crippen LogP contribution < -0.4 is 0 Å². The van der Waals surface area contributed by atoms with E-state index in [-0.39, 0.29) is 44.0 Å². The van der Waals surface area contributed by atoms with Crippen LogP contribution in [0.25, 0.3) is 11.1 Å². The highest BCUT2D eigenvalue weighted by Gasteiger charge is 2.27. The predicted octanol–water partition coefficient (Wildman–Crippen LogP) is 5.93. The molecule has 4 aromatic carbocycles. The van der Waals surface area contributed by atoms with Crippen LogP contribution in [-0.4, -0.2) is 63.5 Å². The molecule has 0 saturated heterocycles. The van der Waals surface area contributed by atoms with E-state index < -0.39 is 5.97 Å². The van der Waals surface area contributed by atoms with Gasteiger partial charge in [-0.25, -0.2) is 0 Å². The summed E-state index contributed by atoms with van der Waals surface area (Å²) in [5.41, 5.74) is 4.10. The molecule has 0 saturated carbocycles. The SMILES string of the molecule is CC(CCc1ccccc1)N(CCC(=O)O)C(=O)c1ccccc1-c1ccccc1C(=O)N(CCO)Cc1ccccc1. The van der Waals surface area contributed by atoms with Crippen molar-refractivity contribution in [3.63, 3.8) is 0 Å². The number of carbonyl (C=O) groups is 3. The van der Waals surface area contributed by atoms with Crippen LogP contribution in [0.3, 0.4) is 0 Å². The van der Waals surface area contributed by atoms with Gasteiger partial charge in [-0.1, -0.05) is 97.1 Å². The van der Waals surface area contributed by atoms with E-state index in [0.717, 1.165) is 17.5 Å². The number of hydrogen-bond donors (Lipinski definition) is 2. The van der Waals surface area contributed by atoms with Crippen LogP contribution in [0.2, 0.25) is 0 Å². The molecule has 0 aromatic heterocycles. The van der Waals surface area contributed by atoms with Gasteiger partial charge in [0.15, 0.2) is 0 Å². The van der Waals surface area contributed by atoms with Crippen molar-refractivity contribution in [3.05, 3.63) is 131 Å². The van der Waals surface area contributed by atoms with Crippen molar-refractivity contribution in [1.82, 2.24) is 9.80 Å². The van der Waals surface area contributed by atoms with Gasteiger partial charge in [0.05, 0.1) is 13.0 Å². The Morgan fingerprint density at radius 3 is 1.74 bits per heavy atom. The number of aliphatic carboxylic acids is 1. The van der Waals surface area contributed by atoms with E-state index in [1.165, 1.54) is 0 Å². The Morgan fingerprint density at radius 2 is 1.19 bits per heavy atom. The lowest BCUT2D eigenvalue weighted by Crippen LogP contribution is -2.40. The number of carboxylic acids is 1. The van der Waals surface area contributed by atoms with Crippen LogP contribution in [-0.2, 0) is 17.8 Å². The monoisotopic (exact) mass is 578 g/mol. The molecule has 7 nitrogen and oxygen atoms in total. The van der Waals surface area contributed by atoms with Gasteiger partial charge < -0.3 is 20.0 Å². The maximum atomic E-state index is 14.2. The van der Waals surface area contributed by atoms with Crippen molar-refractivity contribution in [2.24, 2.45) is 0 Å². The average Bonchev–Trinajstić information content (AvgIpc) is 3.04. The van der Waals surface area contributed by atoms with Crippen molar-refractivity contribution in [1.29, 1.82) is 0 Å². The van der Waals surface area contributed by atoms with Crippen LogP contribution in [0.15, 0.2) is 109 Å². The third kappa shape index (κ3) is 8.40. The minimum Gasteiger partial charge on any atom is -0.481 e. The highest BCUT2D eigenvalue weighted by atomic mass is 16.4. The van der Waals surface area contributed by atoms with Crippen molar-refractivity contribution < 1.29 is 24.6 Å². The summed E-state index contributed by atoms with van der Waals surface area (Å²) < 4.78 is 0. The van der Waals surface area contributed by atoms with Gasteiger partial charge in [-0.15, -0.1) is 0 Å². The first kappa shape index (κ1) is 31.2. The van der Waals surface area contributed by atoms with Crippen molar-refractivity contribution in [2.75, 3.05) is 19.7 Å². The molecule has 0 aliphatic carbocycles. The molecule has 0 bridgehead atoms. The van der Waals surface area contributed by atoms with Gasteiger partial charge >= 0.3 is 5.97 Å². The minimum absolute atomic E-state index is 0.0698. The second-order valence-electron chi connectivity index (χ2n) is 10.5. The van der Waals surface area contributed by atoms with E-state index in [2.05, 4.69) is 0 Å². The number of aliphatic hydroxyl groups excluding tert-OH is 1. The lowest BCUT2D eigenvalue weighted by molar-refractivity contribution is -0.137. The molecule has 0 radical (unpaired) electrons. The van der Waals surface area contributed by atoms with Crippen molar-refractivity contribution >= 4 is 17.8 Å². The van der Waals surface area contributed by atoms with Crippen LogP contribution in [0, 0.1) is 0 Å². The zero-order valence-corrected chi connectivity index (χ0v) is 24.4. The Bertz CT molecular complexity index is 1510. The topological polar surface area (TPSA) is 98.2 Å². The first-order chi connectivity index (χ1) is 20.9. The number of aryl methyl sites for hydroxylation is 1. The van der Waals surface area contributed by atoms with Gasteiger partial charge in [-0.3, -0.25) is 14.4 Å². The van der Waals surface area contributed by atoms with Crippen molar-refractivity contribution in [2.45, 2.75) is 38.8 Å². The normalized spacial score (nSPS) is 11.5. The van der Waals surface area contributed by atoms with E-state index in [1.807, 2.05) is 91.9 Å². The van der Waals surface area contributed by atoms with Gasteiger partial charge in [-0.2, -0.15) is 0 Å². The lowest BCUT2D eigenvalue weighted by atomic mass is 9.93. The Morgan fingerprint density at radius 1 is 0.674 bits per heavy atom. The van der Waals surface area contributed by atoms with E-state index >= 15 is 0 Å². The van der Waals surface area contributed by atoms with Gasteiger partial charge in [0.25, 0.3) is 11.8 Å². The van der Waals surface area contributed by atoms with Gasteiger partial charge in [-0.05, 0) is 54.2 Å². The molecule has 4 rings (SSSR count). The highest BCUT2D eigenvalue weighted by Crippen LogP contribution is 2.30. The fourth-order valence-corrected chi connectivity index (χ4v) is 5.23. The molecule has 0 aliphatic heterocycles. The Labute approximate surface area is 253 Å². The van der Waals surface area contributed by atoms with E-state index in [1.54, 1.807) is 34.1 Å². The number of nitrogens with zero attached hydrogens (tertiary/aromatic N) is 2. The minimum atomic E-state index is -0.973. The van der Waals surface area contributed by atoms with E-state index in [4.69, 9.17) is 0 Å². The number of carboxylic acid groups (broad SMARTS) is 1. The maximum absolute atomic E-state index is 14.2. The first-order valence-corrected chi connectivity index (χ1v) is 14.6. The third-order valence-electron chi connectivity index (χ3n) is 7.53. The smallest absolute Gasteiger partial charge is 0.305 e. The number of hydrogen-bond acceptors (Lipinski definition) is 4. The molecule has 0 fully saturated rings. The second-order valence-corrected chi connectivity index (χ2v) is 10.5.